The van der Waals surface area contributed by atoms with E-state index in [1.165, 1.54) is 25.1 Å². The molecule has 1 aliphatic heterocycles. The fourth-order valence-electron chi connectivity index (χ4n) is 3.11. The lowest BCUT2D eigenvalue weighted by molar-refractivity contribution is 0.225. The number of anilines is 2. The van der Waals surface area contributed by atoms with Crippen LogP contribution in [0.4, 0.5) is 11.5 Å². The van der Waals surface area contributed by atoms with E-state index >= 15 is 0 Å². The molecule has 0 saturated carbocycles. The number of rotatable bonds is 5. The van der Waals surface area contributed by atoms with Gasteiger partial charge in [-0.25, -0.2) is 4.98 Å². The number of nitrogens with one attached hydrogen (secondary N) is 1. The monoisotopic (exact) mass is 296 g/mol. The third kappa shape index (κ3) is 3.63. The Morgan fingerprint density at radius 1 is 1.23 bits per heavy atom. The van der Waals surface area contributed by atoms with Crippen molar-refractivity contribution in [2.75, 3.05) is 18.4 Å². The molecular formula is C18H24N4. The van der Waals surface area contributed by atoms with E-state index in [9.17, 15) is 0 Å². The Morgan fingerprint density at radius 3 is 2.82 bits per heavy atom. The highest BCUT2D eigenvalue weighted by molar-refractivity contribution is 5.54. The van der Waals surface area contributed by atoms with Crippen LogP contribution >= 0.6 is 0 Å². The first-order chi connectivity index (χ1) is 10.7. The number of aromatic nitrogens is 2. The van der Waals surface area contributed by atoms with Crippen molar-refractivity contribution >= 4 is 11.5 Å². The topological polar surface area (TPSA) is 41.0 Å². The van der Waals surface area contributed by atoms with Crippen LogP contribution in [0.2, 0.25) is 0 Å². The quantitative estimate of drug-likeness (QED) is 0.905. The number of hydrogen-bond acceptors (Lipinski definition) is 4. The van der Waals surface area contributed by atoms with Crippen molar-refractivity contribution in [3.63, 3.8) is 0 Å². The predicted octanol–water partition coefficient (Wildman–Crippen LogP) is 4.01. The molecule has 1 saturated heterocycles. The van der Waals surface area contributed by atoms with Gasteiger partial charge in [0.1, 0.15) is 5.82 Å². The molecule has 0 bridgehead atoms. The van der Waals surface area contributed by atoms with E-state index in [4.69, 9.17) is 0 Å². The molecule has 3 heterocycles. The number of nitrogens with zero attached hydrogens (tertiary/aromatic N) is 3. The maximum absolute atomic E-state index is 4.68. The smallest absolute Gasteiger partial charge is 0.130 e. The van der Waals surface area contributed by atoms with Crippen LogP contribution in [0.1, 0.15) is 38.4 Å². The summed E-state index contributed by atoms with van der Waals surface area (Å²) in [4.78, 5) is 11.5. The van der Waals surface area contributed by atoms with Gasteiger partial charge in [-0.3, -0.25) is 9.88 Å². The van der Waals surface area contributed by atoms with E-state index in [-0.39, 0.29) is 0 Å². The van der Waals surface area contributed by atoms with Crippen LogP contribution in [0.15, 0.2) is 42.7 Å². The summed E-state index contributed by atoms with van der Waals surface area (Å²) in [7, 11) is 0. The van der Waals surface area contributed by atoms with Gasteiger partial charge < -0.3 is 5.32 Å². The Labute approximate surface area is 132 Å². The van der Waals surface area contributed by atoms with Crippen LogP contribution in [0.5, 0.6) is 0 Å². The maximum atomic E-state index is 4.68. The Hall–Kier alpha value is -1.94. The highest BCUT2D eigenvalue weighted by Crippen LogP contribution is 2.31. The minimum atomic E-state index is 0.478. The number of likely N-dealkylation sites (tertiary alicyclic amines) is 1. The average molecular weight is 296 g/mol. The van der Waals surface area contributed by atoms with Crippen LogP contribution < -0.4 is 5.32 Å². The third-order valence-corrected chi connectivity index (χ3v) is 4.03. The summed E-state index contributed by atoms with van der Waals surface area (Å²) in [6.07, 6.45) is 6.18. The van der Waals surface area contributed by atoms with Gasteiger partial charge in [-0.2, -0.15) is 0 Å². The van der Waals surface area contributed by atoms with Crippen LogP contribution in [0, 0.1) is 5.92 Å². The number of hydrogen-bond donors (Lipinski definition) is 1. The van der Waals surface area contributed by atoms with Gasteiger partial charge in [0.25, 0.3) is 0 Å². The maximum Gasteiger partial charge on any atom is 0.130 e. The van der Waals surface area contributed by atoms with Crippen molar-refractivity contribution in [1.82, 2.24) is 14.9 Å². The average Bonchev–Trinajstić information content (AvgIpc) is 2.96. The summed E-state index contributed by atoms with van der Waals surface area (Å²) < 4.78 is 0. The van der Waals surface area contributed by atoms with E-state index in [0.717, 1.165) is 18.1 Å². The molecular weight excluding hydrogens is 272 g/mol. The summed E-state index contributed by atoms with van der Waals surface area (Å²) in [6.45, 7) is 6.91. The zero-order chi connectivity index (χ0) is 15.4. The lowest BCUT2D eigenvalue weighted by atomic mass is 10.1. The summed E-state index contributed by atoms with van der Waals surface area (Å²) in [5, 5.41) is 3.28. The Bertz CT molecular complexity index is 580. The fourth-order valence-corrected chi connectivity index (χ4v) is 3.11. The molecule has 0 aromatic carbocycles. The molecule has 2 aromatic heterocycles. The van der Waals surface area contributed by atoms with Crippen molar-refractivity contribution < 1.29 is 0 Å². The first kappa shape index (κ1) is 15.0. The molecule has 0 aliphatic carbocycles. The van der Waals surface area contributed by atoms with Gasteiger partial charge in [0.05, 0.1) is 23.6 Å². The van der Waals surface area contributed by atoms with E-state index < -0.39 is 0 Å². The van der Waals surface area contributed by atoms with Gasteiger partial charge >= 0.3 is 0 Å². The van der Waals surface area contributed by atoms with Crippen LogP contribution in [0.25, 0.3) is 0 Å². The number of pyridine rings is 2. The second-order valence-corrected chi connectivity index (χ2v) is 6.36. The highest BCUT2D eigenvalue weighted by atomic mass is 15.2. The summed E-state index contributed by atoms with van der Waals surface area (Å²) >= 11 is 0. The minimum Gasteiger partial charge on any atom is -0.339 e. The molecule has 1 aliphatic rings. The molecule has 22 heavy (non-hydrogen) atoms. The Morgan fingerprint density at radius 2 is 2.14 bits per heavy atom. The molecule has 116 valence electrons. The molecule has 1 fully saturated rings. The van der Waals surface area contributed by atoms with Crippen LogP contribution in [0.3, 0.4) is 0 Å². The molecule has 4 heteroatoms. The van der Waals surface area contributed by atoms with Gasteiger partial charge in [-0.15, -0.1) is 0 Å². The lowest BCUT2D eigenvalue weighted by Crippen LogP contribution is -2.27. The van der Waals surface area contributed by atoms with Gasteiger partial charge in [-0.1, -0.05) is 19.9 Å². The van der Waals surface area contributed by atoms with Crippen LogP contribution in [-0.2, 0) is 0 Å². The first-order valence-corrected chi connectivity index (χ1v) is 8.10. The zero-order valence-corrected chi connectivity index (χ0v) is 13.4. The SMILES string of the molecule is CC(C)CN1CCC[C@H]1c1ccc(Nc2ccccn2)cn1. The van der Waals surface area contributed by atoms with Crippen molar-refractivity contribution in [3.8, 4) is 0 Å². The lowest BCUT2D eigenvalue weighted by Gasteiger charge is -2.25. The summed E-state index contributed by atoms with van der Waals surface area (Å²) in [5.74, 6) is 1.55. The third-order valence-electron chi connectivity index (χ3n) is 4.03. The van der Waals surface area contributed by atoms with E-state index in [1.54, 1.807) is 6.20 Å². The largest absolute Gasteiger partial charge is 0.339 e. The van der Waals surface area contributed by atoms with Gasteiger partial charge in [-0.05, 0) is 49.6 Å². The van der Waals surface area contributed by atoms with E-state index in [0.29, 0.717) is 12.0 Å². The molecule has 2 aromatic rings. The van der Waals surface area contributed by atoms with Gasteiger partial charge in [0, 0.05) is 12.7 Å². The molecule has 0 spiro atoms. The molecule has 4 nitrogen and oxygen atoms in total. The standard InChI is InChI=1S/C18H24N4/c1-14(2)13-22-11-5-6-17(22)16-9-8-15(12-20-16)21-18-7-3-4-10-19-18/h3-4,7-10,12,14,17H,5-6,11,13H2,1-2H3,(H,19,21)/t17-/m0/s1. The molecule has 0 radical (unpaired) electrons. The second-order valence-electron chi connectivity index (χ2n) is 6.36. The zero-order valence-electron chi connectivity index (χ0n) is 13.4. The van der Waals surface area contributed by atoms with Gasteiger partial charge in [0.2, 0.25) is 0 Å². The van der Waals surface area contributed by atoms with E-state index in [2.05, 4.69) is 46.2 Å². The molecule has 0 amide bonds. The highest BCUT2D eigenvalue weighted by Gasteiger charge is 2.27. The molecule has 3 rings (SSSR count). The van der Waals surface area contributed by atoms with Crippen molar-refractivity contribution in [3.05, 3.63) is 48.4 Å². The normalized spacial score (nSPS) is 18.8. The van der Waals surface area contributed by atoms with Crippen molar-refractivity contribution in [1.29, 1.82) is 0 Å². The summed E-state index contributed by atoms with van der Waals surface area (Å²) in [6, 6.07) is 10.6. The predicted molar refractivity (Wildman–Crippen MR) is 90.1 cm³/mol. The fraction of sp³-hybridized carbons (Fsp3) is 0.444. The molecule has 1 atom stereocenters. The molecule has 0 unspecified atom stereocenters. The summed E-state index contributed by atoms with van der Waals surface area (Å²) in [5.41, 5.74) is 2.17. The first-order valence-electron chi connectivity index (χ1n) is 8.10. The van der Waals surface area contributed by atoms with Crippen LogP contribution in [-0.4, -0.2) is 28.0 Å². The minimum absolute atomic E-state index is 0.478. The van der Waals surface area contributed by atoms with E-state index in [1.807, 2.05) is 24.4 Å². The van der Waals surface area contributed by atoms with Crippen molar-refractivity contribution in [2.45, 2.75) is 32.7 Å². The second kappa shape index (κ2) is 6.88. The molecule has 1 N–H and O–H groups in total. The van der Waals surface area contributed by atoms with Crippen molar-refractivity contribution in [2.24, 2.45) is 5.92 Å². The Kier molecular flexibility index (Phi) is 4.68. The Balaban J connectivity index is 1.68. The van der Waals surface area contributed by atoms with Gasteiger partial charge in [0.15, 0.2) is 0 Å².